The van der Waals surface area contributed by atoms with Crippen molar-refractivity contribution in [2.75, 3.05) is 11.9 Å². The number of hydrogen-bond acceptors (Lipinski definition) is 4. The molecular formula is C20H20ClN3OS2. The zero-order chi connectivity index (χ0) is 18.1. The fourth-order valence-corrected chi connectivity index (χ4v) is 5.52. The van der Waals surface area contributed by atoms with Crippen LogP contribution >= 0.6 is 23.1 Å². The van der Waals surface area contributed by atoms with Crippen LogP contribution in [0.2, 0.25) is 0 Å². The minimum absolute atomic E-state index is 0. The summed E-state index contributed by atoms with van der Waals surface area (Å²) in [5.74, 6) is 0. The number of thiazole rings is 1. The summed E-state index contributed by atoms with van der Waals surface area (Å²) >= 11 is 3.26. The summed E-state index contributed by atoms with van der Waals surface area (Å²) < 4.78 is 3.70. The van der Waals surface area contributed by atoms with Crippen LogP contribution < -0.4 is 37.0 Å². The van der Waals surface area contributed by atoms with Gasteiger partial charge in [0.2, 0.25) is 0 Å². The van der Waals surface area contributed by atoms with Crippen molar-refractivity contribution in [2.24, 2.45) is 0 Å². The molecule has 0 spiro atoms. The van der Waals surface area contributed by atoms with Gasteiger partial charge in [-0.3, -0.25) is 9.36 Å². The maximum absolute atomic E-state index is 13.0. The molecule has 1 aliphatic heterocycles. The summed E-state index contributed by atoms with van der Waals surface area (Å²) in [6.07, 6.45) is 4.84. The standard InChI is InChI=1S/C20H19N3OS2.ClH/c1-3-23-17(12-11-14-8-6-7-13-21-14)26-18(19(23)24)20-22(2)15-9-4-5-10-16(15)25-20;/h4-10,12-13H,3,11H2,1-2H3;1H. The topological polar surface area (TPSA) is 39.4 Å². The zero-order valence-corrected chi connectivity index (χ0v) is 17.5. The van der Waals surface area contributed by atoms with E-state index in [4.69, 9.17) is 0 Å². The zero-order valence-electron chi connectivity index (χ0n) is 15.1. The van der Waals surface area contributed by atoms with Gasteiger partial charge in [0.05, 0.1) is 16.8 Å². The van der Waals surface area contributed by atoms with Crippen molar-refractivity contribution in [1.29, 1.82) is 0 Å². The first-order valence-corrected chi connectivity index (χ1v) is 10.2. The molecule has 0 radical (unpaired) electrons. The van der Waals surface area contributed by atoms with Crippen LogP contribution in [0.4, 0.5) is 5.69 Å². The SMILES string of the molecule is CCn1c(=CCc2cccc[nH+]2)sc(=C2Sc3ccccc3N2C)c1=O.[Cl-]. The van der Waals surface area contributed by atoms with E-state index in [9.17, 15) is 4.79 Å². The number of pyridine rings is 1. The van der Waals surface area contributed by atoms with E-state index in [1.54, 1.807) is 23.1 Å². The lowest BCUT2D eigenvalue weighted by molar-refractivity contribution is -0.388. The number of fused-ring (bicyclic) bond motifs is 1. The van der Waals surface area contributed by atoms with Crippen molar-refractivity contribution in [3.63, 3.8) is 0 Å². The van der Waals surface area contributed by atoms with Gasteiger partial charge in [-0.1, -0.05) is 30.0 Å². The lowest BCUT2D eigenvalue weighted by atomic mass is 10.3. The number of aromatic amines is 1. The number of aromatic nitrogens is 2. The Labute approximate surface area is 172 Å². The van der Waals surface area contributed by atoms with Gasteiger partial charge in [-0.25, -0.2) is 4.98 Å². The van der Waals surface area contributed by atoms with Gasteiger partial charge in [0.25, 0.3) is 5.56 Å². The molecule has 0 unspecified atom stereocenters. The predicted molar refractivity (Wildman–Crippen MR) is 109 cm³/mol. The third kappa shape index (κ3) is 3.70. The third-order valence-corrected chi connectivity index (χ3v) is 6.96. The molecule has 0 atom stereocenters. The second kappa shape index (κ2) is 8.33. The Balaban J connectivity index is 0.00000210. The van der Waals surface area contributed by atoms with Crippen molar-refractivity contribution in [2.45, 2.75) is 24.8 Å². The molecule has 3 heterocycles. The van der Waals surface area contributed by atoms with Crippen molar-refractivity contribution >= 4 is 39.9 Å². The van der Waals surface area contributed by atoms with Crippen LogP contribution in [0.5, 0.6) is 0 Å². The first-order valence-electron chi connectivity index (χ1n) is 8.59. The number of benzene rings is 1. The van der Waals surface area contributed by atoms with Gasteiger partial charge in [-0.2, -0.15) is 0 Å². The Bertz CT molecular complexity index is 1120. The highest BCUT2D eigenvalue weighted by Gasteiger charge is 2.24. The van der Waals surface area contributed by atoms with Crippen LogP contribution in [0.3, 0.4) is 0 Å². The Kier molecular flexibility index (Phi) is 6.09. The number of anilines is 1. The number of thioether (sulfide) groups is 1. The molecule has 1 aromatic carbocycles. The maximum Gasteiger partial charge on any atom is 0.271 e. The van der Waals surface area contributed by atoms with Crippen molar-refractivity contribution < 1.29 is 17.4 Å². The monoisotopic (exact) mass is 417 g/mol. The molecule has 0 amide bonds. The molecule has 0 bridgehead atoms. The summed E-state index contributed by atoms with van der Waals surface area (Å²) in [5.41, 5.74) is 2.39. The first-order chi connectivity index (χ1) is 12.7. The molecular weight excluding hydrogens is 398 g/mol. The van der Waals surface area contributed by atoms with Crippen molar-refractivity contribution in [1.82, 2.24) is 4.57 Å². The van der Waals surface area contributed by atoms with Crippen LogP contribution in [0.25, 0.3) is 11.1 Å². The molecule has 140 valence electrons. The molecule has 0 aliphatic carbocycles. The smallest absolute Gasteiger partial charge is 0.271 e. The third-order valence-electron chi connectivity index (χ3n) is 4.43. The lowest BCUT2D eigenvalue weighted by Crippen LogP contribution is -3.00. The van der Waals surface area contributed by atoms with Crippen molar-refractivity contribution in [3.05, 3.63) is 73.9 Å². The van der Waals surface area contributed by atoms with E-state index in [-0.39, 0.29) is 18.0 Å². The summed E-state index contributed by atoms with van der Waals surface area (Å²) in [6, 6.07) is 14.3. The highest BCUT2D eigenvalue weighted by atomic mass is 35.5. The molecule has 0 saturated heterocycles. The van der Waals surface area contributed by atoms with E-state index in [0.717, 1.165) is 32.0 Å². The largest absolute Gasteiger partial charge is 1.00 e. The van der Waals surface area contributed by atoms with Gasteiger partial charge >= 0.3 is 0 Å². The van der Waals surface area contributed by atoms with E-state index in [2.05, 4.69) is 34.2 Å². The normalized spacial score (nSPS) is 15.6. The van der Waals surface area contributed by atoms with E-state index in [1.807, 2.05) is 49.0 Å². The van der Waals surface area contributed by atoms with Gasteiger partial charge in [0.15, 0.2) is 11.9 Å². The Hall–Kier alpha value is -2.02. The highest BCUT2D eigenvalue weighted by molar-refractivity contribution is 8.08. The molecule has 4 rings (SSSR count). The minimum Gasteiger partial charge on any atom is -1.00 e. The molecule has 0 fully saturated rings. The molecule has 7 heteroatoms. The average Bonchev–Trinajstić information content (AvgIpc) is 3.17. The number of hydrogen-bond donors (Lipinski definition) is 0. The van der Waals surface area contributed by atoms with Crippen LogP contribution in [0.1, 0.15) is 12.6 Å². The number of para-hydroxylation sites is 1. The quantitative estimate of drug-likeness (QED) is 0.553. The van der Waals surface area contributed by atoms with E-state index in [1.165, 1.54) is 4.90 Å². The van der Waals surface area contributed by atoms with E-state index < -0.39 is 0 Å². The number of nitrogens with one attached hydrogen (secondary N) is 1. The number of H-pyrrole nitrogens is 1. The second-order valence-electron chi connectivity index (χ2n) is 6.05. The van der Waals surface area contributed by atoms with Gasteiger partial charge in [-0.05, 0) is 25.1 Å². The molecule has 27 heavy (non-hydrogen) atoms. The molecule has 0 saturated carbocycles. The van der Waals surface area contributed by atoms with E-state index in [0.29, 0.717) is 6.54 Å². The van der Waals surface area contributed by atoms with Crippen LogP contribution in [-0.2, 0) is 13.0 Å². The highest BCUT2D eigenvalue weighted by Crippen LogP contribution is 2.44. The second-order valence-corrected chi connectivity index (χ2v) is 8.11. The molecule has 4 nitrogen and oxygen atoms in total. The molecule has 1 N–H and O–H groups in total. The average molecular weight is 418 g/mol. The summed E-state index contributed by atoms with van der Waals surface area (Å²) in [4.78, 5) is 19.6. The van der Waals surface area contributed by atoms with Crippen LogP contribution in [-0.4, -0.2) is 11.6 Å². The van der Waals surface area contributed by atoms with Gasteiger partial charge in [0.1, 0.15) is 9.56 Å². The van der Waals surface area contributed by atoms with Gasteiger partial charge in [0, 0.05) is 30.6 Å². The molecule has 2 aromatic heterocycles. The predicted octanol–water partition coefficient (Wildman–Crippen LogP) is -0.921. The fourth-order valence-electron chi connectivity index (χ4n) is 3.07. The minimum atomic E-state index is 0. The summed E-state index contributed by atoms with van der Waals surface area (Å²) in [7, 11) is 2.03. The van der Waals surface area contributed by atoms with Gasteiger partial charge in [-0.15, -0.1) is 11.3 Å². The molecule has 3 aromatic rings. The Morgan fingerprint density at radius 3 is 2.63 bits per heavy atom. The lowest BCUT2D eigenvalue weighted by Gasteiger charge is -2.11. The number of rotatable bonds is 3. The van der Waals surface area contributed by atoms with Crippen molar-refractivity contribution in [3.8, 4) is 0 Å². The number of halogens is 1. The first kappa shape index (κ1) is 19.7. The fraction of sp³-hybridized carbons (Fsp3) is 0.200. The van der Waals surface area contributed by atoms with Crippen LogP contribution in [0.15, 0.2) is 58.4 Å². The van der Waals surface area contributed by atoms with E-state index >= 15 is 0 Å². The summed E-state index contributed by atoms with van der Waals surface area (Å²) in [6.45, 7) is 2.70. The molecule has 1 aliphatic rings. The number of nitrogens with zero attached hydrogens (tertiary/aromatic N) is 2. The Morgan fingerprint density at radius 1 is 1.15 bits per heavy atom. The van der Waals surface area contributed by atoms with Crippen LogP contribution in [0, 0.1) is 0 Å². The summed E-state index contributed by atoms with van der Waals surface area (Å²) in [5, 5.41) is 1.02. The maximum atomic E-state index is 13.0. The Morgan fingerprint density at radius 2 is 1.93 bits per heavy atom. The van der Waals surface area contributed by atoms with Gasteiger partial charge < -0.3 is 17.3 Å².